The van der Waals surface area contributed by atoms with Gasteiger partial charge in [-0.1, -0.05) is 28.1 Å². The fourth-order valence-electron chi connectivity index (χ4n) is 1.69. The number of nitrogens with one attached hydrogen (secondary N) is 1. The molecule has 1 aromatic carbocycles. The van der Waals surface area contributed by atoms with Crippen LogP contribution in [0.3, 0.4) is 0 Å². The van der Waals surface area contributed by atoms with Crippen LogP contribution in [0, 0.1) is 6.92 Å². The van der Waals surface area contributed by atoms with Crippen molar-refractivity contribution in [3.63, 3.8) is 0 Å². The highest BCUT2D eigenvalue weighted by Gasteiger charge is 2.07. The van der Waals surface area contributed by atoms with Crippen LogP contribution in [0.2, 0.25) is 5.28 Å². The summed E-state index contributed by atoms with van der Waals surface area (Å²) in [6.07, 6.45) is 0. The lowest BCUT2D eigenvalue weighted by atomic mass is 10.1. The zero-order chi connectivity index (χ0) is 13.1. The summed E-state index contributed by atoms with van der Waals surface area (Å²) in [5, 5.41) is 3.57. The lowest BCUT2D eigenvalue weighted by Gasteiger charge is -2.15. The van der Waals surface area contributed by atoms with Crippen molar-refractivity contribution in [3.05, 3.63) is 51.3 Å². The molecular weight excluding hydrogens is 314 g/mol. The largest absolute Gasteiger partial charge is 0.363 e. The molecule has 0 saturated carbocycles. The van der Waals surface area contributed by atoms with E-state index < -0.39 is 0 Å². The molecule has 1 atom stereocenters. The number of aromatic nitrogens is 2. The summed E-state index contributed by atoms with van der Waals surface area (Å²) < 4.78 is 1.06. The zero-order valence-corrected chi connectivity index (χ0v) is 12.5. The van der Waals surface area contributed by atoms with E-state index in [4.69, 9.17) is 11.6 Å². The van der Waals surface area contributed by atoms with Gasteiger partial charge in [-0.2, -0.15) is 0 Å². The van der Waals surface area contributed by atoms with Crippen molar-refractivity contribution in [1.82, 2.24) is 9.97 Å². The summed E-state index contributed by atoms with van der Waals surface area (Å²) in [6, 6.07) is 10.2. The Morgan fingerprint density at radius 3 is 2.72 bits per heavy atom. The average Bonchev–Trinajstić information content (AvgIpc) is 2.27. The van der Waals surface area contributed by atoms with Crippen LogP contribution in [0.1, 0.15) is 24.2 Å². The van der Waals surface area contributed by atoms with E-state index in [-0.39, 0.29) is 11.3 Å². The second-order valence-electron chi connectivity index (χ2n) is 4.08. The molecule has 18 heavy (non-hydrogen) atoms. The molecule has 2 aromatic rings. The molecule has 1 unspecified atom stereocenters. The van der Waals surface area contributed by atoms with Crippen LogP contribution in [0.5, 0.6) is 0 Å². The van der Waals surface area contributed by atoms with Crippen LogP contribution >= 0.6 is 27.5 Å². The Balaban J connectivity index is 2.18. The molecule has 3 nitrogen and oxygen atoms in total. The van der Waals surface area contributed by atoms with Crippen molar-refractivity contribution in [3.8, 4) is 0 Å². The fourth-order valence-corrected chi connectivity index (χ4v) is 2.33. The number of benzene rings is 1. The molecular formula is C13H13BrClN3. The first-order chi connectivity index (χ1) is 8.54. The Labute approximate surface area is 120 Å². The lowest BCUT2D eigenvalue weighted by Crippen LogP contribution is -2.08. The smallest absolute Gasteiger partial charge is 0.224 e. The predicted molar refractivity (Wildman–Crippen MR) is 78.0 cm³/mol. The minimum atomic E-state index is 0.146. The van der Waals surface area contributed by atoms with Gasteiger partial charge < -0.3 is 5.32 Å². The Bertz CT molecular complexity index is 539. The molecule has 0 aliphatic heterocycles. The Morgan fingerprint density at radius 2 is 2.06 bits per heavy atom. The fraction of sp³-hybridized carbons (Fsp3) is 0.231. The maximum Gasteiger partial charge on any atom is 0.224 e. The summed E-state index contributed by atoms with van der Waals surface area (Å²) in [5.74, 6) is 0.736. The van der Waals surface area contributed by atoms with Gasteiger partial charge >= 0.3 is 0 Å². The molecule has 2 rings (SSSR count). The molecule has 0 saturated heterocycles. The summed E-state index contributed by atoms with van der Waals surface area (Å²) in [6.45, 7) is 3.97. The highest BCUT2D eigenvalue weighted by atomic mass is 79.9. The second-order valence-corrected chi connectivity index (χ2v) is 5.34. The van der Waals surface area contributed by atoms with Crippen molar-refractivity contribution in [1.29, 1.82) is 0 Å². The quantitative estimate of drug-likeness (QED) is 0.851. The van der Waals surface area contributed by atoms with Crippen molar-refractivity contribution < 1.29 is 0 Å². The van der Waals surface area contributed by atoms with E-state index in [2.05, 4.69) is 50.3 Å². The molecule has 0 aliphatic rings. The third kappa shape index (κ3) is 3.43. The van der Waals surface area contributed by atoms with Gasteiger partial charge in [0.2, 0.25) is 5.28 Å². The van der Waals surface area contributed by atoms with E-state index in [1.165, 1.54) is 5.56 Å². The minimum absolute atomic E-state index is 0.146. The summed E-state index contributed by atoms with van der Waals surface area (Å²) in [5.41, 5.74) is 2.02. The number of aryl methyl sites for hydroxylation is 1. The topological polar surface area (TPSA) is 37.8 Å². The number of halogens is 2. The normalized spacial score (nSPS) is 12.2. The lowest BCUT2D eigenvalue weighted by molar-refractivity contribution is 0.869. The minimum Gasteiger partial charge on any atom is -0.363 e. The van der Waals surface area contributed by atoms with Crippen LogP contribution in [0.4, 0.5) is 5.82 Å². The van der Waals surface area contributed by atoms with E-state index in [9.17, 15) is 0 Å². The van der Waals surface area contributed by atoms with E-state index in [0.29, 0.717) is 0 Å². The van der Waals surface area contributed by atoms with Crippen LogP contribution in [0.25, 0.3) is 0 Å². The molecule has 5 heteroatoms. The molecule has 0 spiro atoms. The van der Waals surface area contributed by atoms with Crippen LogP contribution in [-0.4, -0.2) is 9.97 Å². The van der Waals surface area contributed by atoms with Crippen LogP contribution in [0.15, 0.2) is 34.8 Å². The number of anilines is 1. The predicted octanol–water partition coefficient (Wildman–Crippen LogP) is 4.37. The Morgan fingerprint density at radius 1 is 1.28 bits per heavy atom. The first-order valence-electron chi connectivity index (χ1n) is 5.58. The van der Waals surface area contributed by atoms with Crippen LogP contribution < -0.4 is 5.32 Å². The molecule has 1 aromatic heterocycles. The molecule has 0 amide bonds. The molecule has 0 fully saturated rings. The third-order valence-corrected chi connectivity index (χ3v) is 3.20. The average molecular weight is 327 g/mol. The second kappa shape index (κ2) is 5.67. The van der Waals surface area contributed by atoms with Gasteiger partial charge in [0.25, 0.3) is 0 Å². The van der Waals surface area contributed by atoms with Gasteiger partial charge in [0.15, 0.2) is 0 Å². The molecule has 0 bridgehead atoms. The van der Waals surface area contributed by atoms with E-state index in [0.717, 1.165) is 16.0 Å². The number of hydrogen-bond acceptors (Lipinski definition) is 3. The molecule has 0 radical (unpaired) electrons. The van der Waals surface area contributed by atoms with Crippen molar-refractivity contribution in [2.45, 2.75) is 19.9 Å². The summed E-state index contributed by atoms with van der Waals surface area (Å²) >= 11 is 9.30. The number of rotatable bonds is 3. The molecule has 0 aliphatic carbocycles. The first-order valence-corrected chi connectivity index (χ1v) is 6.75. The highest BCUT2D eigenvalue weighted by molar-refractivity contribution is 9.10. The highest BCUT2D eigenvalue weighted by Crippen LogP contribution is 2.21. The molecule has 94 valence electrons. The van der Waals surface area contributed by atoms with E-state index in [1.54, 1.807) is 0 Å². The van der Waals surface area contributed by atoms with E-state index in [1.807, 2.05) is 25.1 Å². The first kappa shape index (κ1) is 13.3. The van der Waals surface area contributed by atoms with Gasteiger partial charge in [-0.05, 0) is 43.1 Å². The van der Waals surface area contributed by atoms with Gasteiger partial charge in [0.05, 0.1) is 0 Å². The molecule has 1 heterocycles. The van der Waals surface area contributed by atoms with Crippen molar-refractivity contribution >= 4 is 33.3 Å². The van der Waals surface area contributed by atoms with Gasteiger partial charge in [0.1, 0.15) is 5.82 Å². The van der Waals surface area contributed by atoms with Gasteiger partial charge in [-0.25, -0.2) is 9.97 Å². The number of nitrogens with zero attached hydrogens (tertiary/aromatic N) is 2. The summed E-state index contributed by atoms with van der Waals surface area (Å²) in [4.78, 5) is 8.19. The third-order valence-electron chi connectivity index (χ3n) is 2.54. The van der Waals surface area contributed by atoms with Crippen molar-refractivity contribution in [2.24, 2.45) is 0 Å². The van der Waals surface area contributed by atoms with Crippen molar-refractivity contribution in [2.75, 3.05) is 5.32 Å². The van der Waals surface area contributed by atoms with E-state index >= 15 is 0 Å². The zero-order valence-electron chi connectivity index (χ0n) is 10.1. The number of hydrogen-bond donors (Lipinski definition) is 1. The monoisotopic (exact) mass is 325 g/mol. The maximum absolute atomic E-state index is 5.84. The van der Waals surface area contributed by atoms with Gasteiger partial charge in [0, 0.05) is 22.3 Å². The summed E-state index contributed by atoms with van der Waals surface area (Å²) in [7, 11) is 0. The van der Waals surface area contributed by atoms with Gasteiger partial charge in [-0.3, -0.25) is 0 Å². The standard InChI is InChI=1S/C13H13BrClN3/c1-8-6-12(18-13(15)16-8)17-9(2)10-4-3-5-11(14)7-10/h3-7,9H,1-2H3,(H,16,17,18). The Kier molecular flexibility index (Phi) is 4.19. The Hall–Kier alpha value is -1.13. The maximum atomic E-state index is 5.84. The van der Waals surface area contributed by atoms with Crippen LogP contribution in [-0.2, 0) is 0 Å². The van der Waals surface area contributed by atoms with Gasteiger partial charge in [-0.15, -0.1) is 0 Å². The molecule has 1 N–H and O–H groups in total. The SMILES string of the molecule is Cc1cc(NC(C)c2cccc(Br)c2)nc(Cl)n1.